The van der Waals surface area contributed by atoms with E-state index in [4.69, 9.17) is 9.84 Å². The Bertz CT molecular complexity index is 563. The standard InChI is InChI=1S/C17H21NO3/c1-13-12-15(6-5-14(13)4-3-11-19)17(20)18-9-7-16(21-2)8-10-18/h5-6,12,16,19H,7-11H2,1-2H3. The smallest absolute Gasteiger partial charge is 0.253 e. The van der Waals surface area contributed by atoms with Crippen LogP contribution in [0.2, 0.25) is 0 Å². The van der Waals surface area contributed by atoms with Crippen LogP contribution in [0.5, 0.6) is 0 Å². The monoisotopic (exact) mass is 287 g/mol. The maximum absolute atomic E-state index is 12.5. The Morgan fingerprint density at radius 3 is 2.71 bits per heavy atom. The summed E-state index contributed by atoms with van der Waals surface area (Å²) in [6.07, 6.45) is 2.05. The Labute approximate surface area is 125 Å². The third kappa shape index (κ3) is 3.84. The number of carbonyl (C=O) groups is 1. The van der Waals surface area contributed by atoms with Crippen molar-refractivity contribution in [3.05, 3.63) is 34.9 Å². The number of rotatable bonds is 2. The molecule has 1 N–H and O–H groups in total. The molecule has 0 aliphatic carbocycles. The van der Waals surface area contributed by atoms with Crippen molar-refractivity contribution in [2.24, 2.45) is 0 Å². The van der Waals surface area contributed by atoms with Crippen LogP contribution in [-0.4, -0.2) is 48.8 Å². The first-order chi connectivity index (χ1) is 10.2. The summed E-state index contributed by atoms with van der Waals surface area (Å²) in [5, 5.41) is 8.73. The molecule has 1 aliphatic heterocycles. The van der Waals surface area contributed by atoms with E-state index in [1.165, 1.54) is 0 Å². The molecule has 1 saturated heterocycles. The van der Waals surface area contributed by atoms with E-state index in [1.807, 2.05) is 24.0 Å². The molecule has 0 spiro atoms. The van der Waals surface area contributed by atoms with E-state index < -0.39 is 0 Å². The minimum atomic E-state index is -0.158. The van der Waals surface area contributed by atoms with Gasteiger partial charge >= 0.3 is 0 Å². The van der Waals surface area contributed by atoms with Gasteiger partial charge < -0.3 is 14.7 Å². The van der Waals surface area contributed by atoms with Gasteiger partial charge in [-0.1, -0.05) is 11.8 Å². The number of ether oxygens (including phenoxy) is 1. The molecule has 0 unspecified atom stereocenters. The van der Waals surface area contributed by atoms with E-state index in [2.05, 4.69) is 11.8 Å². The summed E-state index contributed by atoms with van der Waals surface area (Å²) in [4.78, 5) is 14.4. The van der Waals surface area contributed by atoms with Gasteiger partial charge in [0.25, 0.3) is 5.91 Å². The summed E-state index contributed by atoms with van der Waals surface area (Å²) in [7, 11) is 1.72. The molecule has 0 atom stereocenters. The molecular weight excluding hydrogens is 266 g/mol. The van der Waals surface area contributed by atoms with Crippen molar-refractivity contribution in [2.45, 2.75) is 25.9 Å². The highest BCUT2D eigenvalue weighted by Gasteiger charge is 2.23. The number of nitrogens with zero attached hydrogens (tertiary/aromatic N) is 1. The second-order valence-corrected chi connectivity index (χ2v) is 5.22. The summed E-state index contributed by atoms with van der Waals surface area (Å²) in [6, 6.07) is 5.51. The molecule has 1 aromatic rings. The highest BCUT2D eigenvalue weighted by Crippen LogP contribution is 2.17. The molecule has 4 nitrogen and oxygen atoms in total. The van der Waals surface area contributed by atoms with Crippen molar-refractivity contribution in [1.29, 1.82) is 0 Å². The van der Waals surface area contributed by atoms with Gasteiger partial charge in [-0.15, -0.1) is 0 Å². The summed E-state index contributed by atoms with van der Waals surface area (Å²) < 4.78 is 5.32. The predicted octanol–water partition coefficient (Wildman–Crippen LogP) is 1.59. The number of piperidine rings is 1. The van der Waals surface area contributed by atoms with Crippen LogP contribution in [0.25, 0.3) is 0 Å². The van der Waals surface area contributed by atoms with Crippen LogP contribution >= 0.6 is 0 Å². The number of amides is 1. The first-order valence-corrected chi connectivity index (χ1v) is 7.18. The van der Waals surface area contributed by atoms with E-state index >= 15 is 0 Å². The highest BCUT2D eigenvalue weighted by molar-refractivity contribution is 5.94. The molecule has 0 bridgehead atoms. The minimum Gasteiger partial charge on any atom is -0.384 e. The average Bonchev–Trinajstić information content (AvgIpc) is 2.53. The summed E-state index contributed by atoms with van der Waals surface area (Å²) >= 11 is 0. The van der Waals surface area contributed by atoms with Crippen LogP contribution in [0.15, 0.2) is 18.2 Å². The molecule has 0 radical (unpaired) electrons. The number of aliphatic hydroxyl groups is 1. The van der Waals surface area contributed by atoms with Gasteiger partial charge in [0.1, 0.15) is 6.61 Å². The van der Waals surface area contributed by atoms with Crippen LogP contribution in [-0.2, 0) is 4.74 Å². The SMILES string of the molecule is COC1CCN(C(=O)c2ccc(C#CCO)c(C)c2)CC1. The van der Waals surface area contributed by atoms with Gasteiger partial charge in [0.15, 0.2) is 0 Å². The third-order valence-corrected chi connectivity index (χ3v) is 3.84. The van der Waals surface area contributed by atoms with Gasteiger partial charge in [-0.2, -0.15) is 0 Å². The van der Waals surface area contributed by atoms with Crippen LogP contribution in [0.3, 0.4) is 0 Å². The van der Waals surface area contributed by atoms with E-state index in [0.717, 1.165) is 37.1 Å². The van der Waals surface area contributed by atoms with Gasteiger partial charge in [0.2, 0.25) is 0 Å². The van der Waals surface area contributed by atoms with Gasteiger partial charge in [-0.3, -0.25) is 4.79 Å². The number of likely N-dealkylation sites (tertiary alicyclic amines) is 1. The number of methoxy groups -OCH3 is 1. The van der Waals surface area contributed by atoms with Gasteiger partial charge in [0, 0.05) is 31.3 Å². The Morgan fingerprint density at radius 1 is 1.43 bits per heavy atom. The number of hydrogen-bond acceptors (Lipinski definition) is 3. The largest absolute Gasteiger partial charge is 0.384 e. The van der Waals surface area contributed by atoms with Crippen molar-refractivity contribution in [3.8, 4) is 11.8 Å². The molecule has 0 aromatic heterocycles. The maximum atomic E-state index is 12.5. The molecule has 21 heavy (non-hydrogen) atoms. The molecule has 2 rings (SSSR count). The summed E-state index contributed by atoms with van der Waals surface area (Å²) in [5.41, 5.74) is 2.49. The van der Waals surface area contributed by atoms with Gasteiger partial charge in [-0.25, -0.2) is 0 Å². The number of aliphatic hydroxyl groups excluding tert-OH is 1. The summed E-state index contributed by atoms with van der Waals surface area (Å²) in [6.45, 7) is 3.24. The Hall–Kier alpha value is -1.83. The van der Waals surface area contributed by atoms with Crippen LogP contribution in [0, 0.1) is 18.8 Å². The van der Waals surface area contributed by atoms with Crippen molar-refractivity contribution >= 4 is 5.91 Å². The Morgan fingerprint density at radius 2 is 2.14 bits per heavy atom. The van der Waals surface area contributed by atoms with E-state index in [-0.39, 0.29) is 18.6 Å². The molecule has 4 heteroatoms. The molecular formula is C17H21NO3. The molecule has 1 amide bonds. The first-order valence-electron chi connectivity index (χ1n) is 7.18. The highest BCUT2D eigenvalue weighted by atomic mass is 16.5. The minimum absolute atomic E-state index is 0.0642. The van der Waals surface area contributed by atoms with Crippen LogP contribution in [0.1, 0.15) is 34.3 Å². The van der Waals surface area contributed by atoms with Gasteiger partial charge in [0.05, 0.1) is 6.10 Å². The zero-order chi connectivity index (χ0) is 15.2. The van der Waals surface area contributed by atoms with Crippen molar-refractivity contribution in [1.82, 2.24) is 4.90 Å². The zero-order valence-corrected chi connectivity index (χ0v) is 12.6. The Balaban J connectivity index is 2.08. The lowest BCUT2D eigenvalue weighted by atomic mass is 10.0. The second kappa shape index (κ2) is 7.26. The summed E-state index contributed by atoms with van der Waals surface area (Å²) in [5.74, 6) is 5.57. The molecule has 1 aliphatic rings. The molecule has 1 aromatic carbocycles. The van der Waals surface area contributed by atoms with E-state index in [9.17, 15) is 4.79 Å². The van der Waals surface area contributed by atoms with Crippen LogP contribution in [0.4, 0.5) is 0 Å². The van der Waals surface area contributed by atoms with Gasteiger partial charge in [-0.05, 0) is 43.5 Å². The fraction of sp³-hybridized carbons (Fsp3) is 0.471. The molecule has 1 heterocycles. The lowest BCUT2D eigenvalue weighted by Gasteiger charge is -2.31. The fourth-order valence-electron chi connectivity index (χ4n) is 2.55. The fourth-order valence-corrected chi connectivity index (χ4v) is 2.55. The lowest BCUT2D eigenvalue weighted by Crippen LogP contribution is -2.40. The quantitative estimate of drug-likeness (QED) is 0.840. The van der Waals surface area contributed by atoms with Crippen molar-refractivity contribution in [2.75, 3.05) is 26.8 Å². The van der Waals surface area contributed by atoms with E-state index in [1.54, 1.807) is 13.2 Å². The number of hydrogen-bond donors (Lipinski definition) is 1. The third-order valence-electron chi connectivity index (χ3n) is 3.84. The van der Waals surface area contributed by atoms with Crippen molar-refractivity contribution < 1.29 is 14.6 Å². The molecule has 1 fully saturated rings. The second-order valence-electron chi connectivity index (χ2n) is 5.22. The van der Waals surface area contributed by atoms with E-state index in [0.29, 0.717) is 5.56 Å². The number of aryl methyl sites for hydroxylation is 1. The molecule has 112 valence electrons. The first kappa shape index (κ1) is 15.6. The lowest BCUT2D eigenvalue weighted by molar-refractivity contribution is 0.0350. The normalized spacial score (nSPS) is 15.5. The topological polar surface area (TPSA) is 49.8 Å². The number of benzene rings is 1. The zero-order valence-electron chi connectivity index (χ0n) is 12.6. The average molecular weight is 287 g/mol. The predicted molar refractivity (Wildman–Crippen MR) is 81.1 cm³/mol. The van der Waals surface area contributed by atoms with Crippen LogP contribution < -0.4 is 0 Å². The Kier molecular flexibility index (Phi) is 5.38. The van der Waals surface area contributed by atoms with Crippen molar-refractivity contribution in [3.63, 3.8) is 0 Å². The number of carbonyl (C=O) groups excluding carboxylic acids is 1. The molecule has 0 saturated carbocycles. The maximum Gasteiger partial charge on any atom is 0.253 e.